The minimum absolute atomic E-state index is 0.0901. The summed E-state index contributed by atoms with van der Waals surface area (Å²) in [6, 6.07) is 21.3. The van der Waals surface area contributed by atoms with Crippen LogP contribution in [0.25, 0.3) is 10.8 Å². The smallest absolute Gasteiger partial charge is 0.243 e. The molecule has 168 valence electrons. The summed E-state index contributed by atoms with van der Waals surface area (Å²) in [6.07, 6.45) is 2.09. The first-order valence-electron chi connectivity index (χ1n) is 11.2. The number of nitrogens with zero attached hydrogens (tertiary/aromatic N) is 2. The van der Waals surface area contributed by atoms with Gasteiger partial charge in [0.25, 0.3) is 0 Å². The summed E-state index contributed by atoms with van der Waals surface area (Å²) in [7, 11) is -1.74. The van der Waals surface area contributed by atoms with Crippen LogP contribution >= 0.6 is 0 Å². The number of hydrogen-bond acceptors (Lipinski definition) is 3. The Kier molecular flexibility index (Phi) is 6.63. The second-order valence-electron chi connectivity index (χ2n) is 8.55. The van der Waals surface area contributed by atoms with Gasteiger partial charge in [-0.1, -0.05) is 61.5 Å². The molecule has 0 radical (unpaired) electrons. The number of benzene rings is 3. The molecule has 0 spiro atoms. The third-order valence-electron chi connectivity index (χ3n) is 6.39. The zero-order chi connectivity index (χ0) is 22.7. The van der Waals surface area contributed by atoms with Gasteiger partial charge in [0, 0.05) is 32.6 Å². The first kappa shape index (κ1) is 22.5. The van der Waals surface area contributed by atoms with Crippen LogP contribution < -0.4 is 0 Å². The number of piperidine rings is 1. The van der Waals surface area contributed by atoms with E-state index in [4.69, 9.17) is 0 Å². The molecule has 1 saturated heterocycles. The van der Waals surface area contributed by atoms with Crippen molar-refractivity contribution in [2.45, 2.75) is 37.6 Å². The number of sulfonamides is 1. The summed E-state index contributed by atoms with van der Waals surface area (Å²) in [5, 5.41) is 1.93. The molecular formula is C26H30N2O3S. The lowest BCUT2D eigenvalue weighted by Gasteiger charge is -2.32. The summed E-state index contributed by atoms with van der Waals surface area (Å²) >= 11 is 0. The van der Waals surface area contributed by atoms with Gasteiger partial charge in [-0.2, -0.15) is 4.31 Å². The molecule has 1 fully saturated rings. The van der Waals surface area contributed by atoms with Crippen molar-refractivity contribution in [3.05, 3.63) is 77.9 Å². The van der Waals surface area contributed by atoms with Crippen LogP contribution in [0.1, 0.15) is 30.9 Å². The molecule has 0 saturated carbocycles. The maximum absolute atomic E-state index is 13.2. The maximum atomic E-state index is 13.2. The highest BCUT2D eigenvalue weighted by atomic mass is 32.2. The van der Waals surface area contributed by atoms with E-state index in [1.165, 1.54) is 9.87 Å². The molecule has 6 heteroatoms. The number of aryl methyl sites for hydroxylation is 1. The highest BCUT2D eigenvalue weighted by Gasteiger charge is 2.33. The fraction of sp³-hybridized carbons (Fsp3) is 0.346. The van der Waals surface area contributed by atoms with Gasteiger partial charge in [-0.3, -0.25) is 4.79 Å². The number of hydrogen-bond donors (Lipinski definition) is 0. The summed E-state index contributed by atoms with van der Waals surface area (Å²) in [4.78, 5) is 15.0. The standard InChI is InChI=1S/C26H30N2O3S/c1-3-20-8-10-21(11-9-20)19-27(2)26(29)23-14-16-28(17-15-23)32(30,31)25-13-12-22-6-4-5-7-24(22)18-25/h4-13,18,23H,3,14-17,19H2,1-2H3. The van der Waals surface area contributed by atoms with Crippen molar-refractivity contribution >= 4 is 26.7 Å². The lowest BCUT2D eigenvalue weighted by atomic mass is 9.96. The van der Waals surface area contributed by atoms with Crippen LogP contribution in [-0.4, -0.2) is 43.7 Å². The van der Waals surface area contributed by atoms with Crippen LogP contribution in [-0.2, 0) is 27.8 Å². The van der Waals surface area contributed by atoms with Crippen LogP contribution in [0, 0.1) is 5.92 Å². The van der Waals surface area contributed by atoms with Crippen molar-refractivity contribution in [1.29, 1.82) is 0 Å². The van der Waals surface area contributed by atoms with Gasteiger partial charge >= 0.3 is 0 Å². The van der Waals surface area contributed by atoms with Crippen LogP contribution in [0.15, 0.2) is 71.6 Å². The molecule has 1 heterocycles. The third-order valence-corrected chi connectivity index (χ3v) is 8.28. The van der Waals surface area contributed by atoms with Crippen molar-refractivity contribution < 1.29 is 13.2 Å². The fourth-order valence-electron chi connectivity index (χ4n) is 4.36. The Morgan fingerprint density at radius 3 is 2.22 bits per heavy atom. The van der Waals surface area contributed by atoms with Crippen molar-refractivity contribution in [3.8, 4) is 0 Å². The van der Waals surface area contributed by atoms with Gasteiger partial charge in [-0.05, 0) is 53.3 Å². The Morgan fingerprint density at radius 1 is 0.938 bits per heavy atom. The van der Waals surface area contributed by atoms with E-state index in [1.54, 1.807) is 17.0 Å². The number of carbonyl (C=O) groups is 1. The minimum Gasteiger partial charge on any atom is -0.341 e. The van der Waals surface area contributed by atoms with Gasteiger partial charge < -0.3 is 4.90 Å². The van der Waals surface area contributed by atoms with E-state index < -0.39 is 10.0 Å². The van der Waals surface area contributed by atoms with E-state index in [0.717, 1.165) is 22.8 Å². The second-order valence-corrected chi connectivity index (χ2v) is 10.5. The van der Waals surface area contributed by atoms with E-state index in [2.05, 4.69) is 31.2 Å². The predicted molar refractivity (Wildman–Crippen MR) is 128 cm³/mol. The molecule has 1 aliphatic rings. The van der Waals surface area contributed by atoms with E-state index in [0.29, 0.717) is 37.4 Å². The van der Waals surface area contributed by atoms with E-state index in [9.17, 15) is 13.2 Å². The molecule has 0 bridgehead atoms. The monoisotopic (exact) mass is 450 g/mol. The Morgan fingerprint density at radius 2 is 1.56 bits per heavy atom. The molecule has 3 aromatic rings. The highest BCUT2D eigenvalue weighted by Crippen LogP contribution is 2.27. The van der Waals surface area contributed by atoms with Crippen molar-refractivity contribution in [2.75, 3.05) is 20.1 Å². The quantitative estimate of drug-likeness (QED) is 0.557. The summed E-state index contributed by atoms with van der Waals surface area (Å²) < 4.78 is 27.8. The molecule has 0 atom stereocenters. The van der Waals surface area contributed by atoms with Crippen molar-refractivity contribution in [1.82, 2.24) is 9.21 Å². The molecule has 1 aliphatic heterocycles. The van der Waals surface area contributed by atoms with Gasteiger partial charge in [0.15, 0.2) is 0 Å². The Bertz CT molecular complexity index is 1200. The van der Waals surface area contributed by atoms with E-state index in [1.807, 2.05) is 37.4 Å². The lowest BCUT2D eigenvalue weighted by Crippen LogP contribution is -2.43. The lowest BCUT2D eigenvalue weighted by molar-refractivity contribution is -0.135. The molecular weight excluding hydrogens is 420 g/mol. The molecule has 5 nitrogen and oxygen atoms in total. The normalized spacial score (nSPS) is 15.7. The molecule has 0 unspecified atom stereocenters. The van der Waals surface area contributed by atoms with Crippen LogP contribution in [0.3, 0.4) is 0 Å². The molecule has 32 heavy (non-hydrogen) atoms. The summed E-state index contributed by atoms with van der Waals surface area (Å²) in [6.45, 7) is 3.42. The minimum atomic E-state index is -3.57. The van der Waals surface area contributed by atoms with Gasteiger partial charge in [-0.25, -0.2) is 8.42 Å². The summed E-state index contributed by atoms with van der Waals surface area (Å²) in [5.74, 6) is -0.0507. The third kappa shape index (κ3) is 4.71. The predicted octanol–water partition coefficient (Wildman–Crippen LogP) is 4.46. The number of rotatable bonds is 6. The first-order valence-corrected chi connectivity index (χ1v) is 12.6. The average molecular weight is 451 g/mol. The Balaban J connectivity index is 1.38. The highest BCUT2D eigenvalue weighted by molar-refractivity contribution is 7.89. The van der Waals surface area contributed by atoms with Crippen molar-refractivity contribution in [2.24, 2.45) is 5.92 Å². The SMILES string of the molecule is CCc1ccc(CN(C)C(=O)C2CCN(S(=O)(=O)c3ccc4ccccc4c3)CC2)cc1. The Hall–Kier alpha value is -2.70. The average Bonchev–Trinajstić information content (AvgIpc) is 2.83. The van der Waals surface area contributed by atoms with E-state index >= 15 is 0 Å². The van der Waals surface area contributed by atoms with Crippen LogP contribution in [0.2, 0.25) is 0 Å². The topological polar surface area (TPSA) is 57.7 Å². The molecule has 1 amide bonds. The van der Waals surface area contributed by atoms with Crippen LogP contribution in [0.4, 0.5) is 0 Å². The molecule has 0 N–H and O–H groups in total. The second kappa shape index (κ2) is 9.43. The summed E-state index contributed by atoms with van der Waals surface area (Å²) in [5.41, 5.74) is 2.39. The fourth-order valence-corrected chi connectivity index (χ4v) is 5.87. The molecule has 4 rings (SSSR count). The molecule has 3 aromatic carbocycles. The Labute approximate surface area is 190 Å². The van der Waals surface area contributed by atoms with E-state index in [-0.39, 0.29) is 11.8 Å². The van der Waals surface area contributed by atoms with Crippen LogP contribution in [0.5, 0.6) is 0 Å². The van der Waals surface area contributed by atoms with Gasteiger partial charge in [0.2, 0.25) is 15.9 Å². The number of amides is 1. The largest absolute Gasteiger partial charge is 0.341 e. The zero-order valence-electron chi connectivity index (χ0n) is 18.7. The molecule has 0 aromatic heterocycles. The van der Waals surface area contributed by atoms with Crippen molar-refractivity contribution in [3.63, 3.8) is 0 Å². The van der Waals surface area contributed by atoms with Gasteiger partial charge in [0.05, 0.1) is 4.90 Å². The molecule has 0 aliphatic carbocycles. The van der Waals surface area contributed by atoms with Gasteiger partial charge in [0.1, 0.15) is 0 Å². The maximum Gasteiger partial charge on any atom is 0.243 e. The number of fused-ring (bicyclic) bond motifs is 1. The first-order chi connectivity index (χ1) is 15.4. The number of carbonyl (C=O) groups excluding carboxylic acids is 1. The zero-order valence-corrected chi connectivity index (χ0v) is 19.5. The van der Waals surface area contributed by atoms with Gasteiger partial charge in [-0.15, -0.1) is 0 Å².